The van der Waals surface area contributed by atoms with Crippen LogP contribution < -0.4 is 14.8 Å². The minimum absolute atomic E-state index is 0.107. The quantitative estimate of drug-likeness (QED) is 0.598. The van der Waals surface area contributed by atoms with Crippen molar-refractivity contribution in [3.05, 3.63) is 59.7 Å². The number of benzene rings is 2. The number of nitrogens with zero attached hydrogens (tertiary/aromatic N) is 1. The second-order valence-electron chi connectivity index (χ2n) is 7.11. The van der Waals surface area contributed by atoms with Crippen molar-refractivity contribution in [3.8, 4) is 11.5 Å². The van der Waals surface area contributed by atoms with Crippen LogP contribution in [0.1, 0.15) is 36.4 Å². The van der Waals surface area contributed by atoms with E-state index in [1.54, 1.807) is 14.2 Å². The Morgan fingerprint density at radius 2 is 1.50 bits per heavy atom. The smallest absolute Gasteiger partial charge is 0.220 e. The molecule has 5 nitrogen and oxygen atoms in total. The van der Waals surface area contributed by atoms with E-state index in [2.05, 4.69) is 22.3 Å². The van der Waals surface area contributed by atoms with Crippen LogP contribution in [0.15, 0.2) is 48.5 Å². The fraction of sp³-hybridized carbons (Fsp3) is 0.435. The van der Waals surface area contributed by atoms with Crippen molar-refractivity contribution in [3.63, 3.8) is 0 Å². The first kappa shape index (κ1) is 21.8. The molecule has 1 atom stereocenters. The molecule has 0 saturated carbocycles. The van der Waals surface area contributed by atoms with Crippen LogP contribution >= 0.6 is 0 Å². The molecular formula is C23H32N2O3. The fourth-order valence-electron chi connectivity index (χ4n) is 3.13. The lowest BCUT2D eigenvalue weighted by Gasteiger charge is -2.25. The van der Waals surface area contributed by atoms with Crippen molar-refractivity contribution in [1.29, 1.82) is 0 Å². The zero-order valence-electron chi connectivity index (χ0n) is 17.4. The molecule has 1 unspecified atom stereocenters. The third-order valence-corrected chi connectivity index (χ3v) is 4.89. The molecule has 28 heavy (non-hydrogen) atoms. The second-order valence-corrected chi connectivity index (χ2v) is 7.11. The highest BCUT2D eigenvalue weighted by molar-refractivity contribution is 5.75. The fourth-order valence-corrected chi connectivity index (χ4v) is 3.13. The van der Waals surface area contributed by atoms with Crippen LogP contribution in [0.4, 0.5) is 0 Å². The molecule has 0 bridgehead atoms. The van der Waals surface area contributed by atoms with Crippen LogP contribution in [0.2, 0.25) is 0 Å². The Labute approximate surface area is 168 Å². The van der Waals surface area contributed by atoms with Gasteiger partial charge in [-0.05, 0) is 68.8 Å². The third-order valence-electron chi connectivity index (χ3n) is 4.89. The van der Waals surface area contributed by atoms with Crippen LogP contribution in [0.25, 0.3) is 0 Å². The van der Waals surface area contributed by atoms with E-state index in [1.165, 1.54) is 5.56 Å². The average molecular weight is 385 g/mol. The molecule has 0 aliphatic carbocycles. The molecule has 0 aliphatic heterocycles. The lowest BCUT2D eigenvalue weighted by molar-refractivity contribution is -0.121. The molecule has 2 rings (SSSR count). The molecule has 0 fully saturated rings. The summed E-state index contributed by atoms with van der Waals surface area (Å²) in [4.78, 5) is 14.3. The van der Waals surface area contributed by atoms with Crippen molar-refractivity contribution in [1.82, 2.24) is 10.2 Å². The first-order chi connectivity index (χ1) is 13.5. The van der Waals surface area contributed by atoms with Crippen molar-refractivity contribution in [2.75, 3.05) is 34.9 Å². The maximum Gasteiger partial charge on any atom is 0.220 e. The van der Waals surface area contributed by atoms with Gasteiger partial charge in [0.15, 0.2) is 0 Å². The van der Waals surface area contributed by atoms with Crippen molar-refractivity contribution in [2.24, 2.45) is 0 Å². The lowest BCUT2D eigenvalue weighted by atomic mass is 10.1. The Hall–Kier alpha value is -2.53. The van der Waals surface area contributed by atoms with Gasteiger partial charge in [0.2, 0.25) is 5.91 Å². The van der Waals surface area contributed by atoms with E-state index >= 15 is 0 Å². The van der Waals surface area contributed by atoms with Crippen LogP contribution in [0, 0.1) is 0 Å². The molecule has 0 radical (unpaired) electrons. The molecule has 1 amide bonds. The summed E-state index contributed by atoms with van der Waals surface area (Å²) < 4.78 is 10.4. The number of hydrogen-bond donors (Lipinski definition) is 1. The predicted molar refractivity (Wildman–Crippen MR) is 113 cm³/mol. The van der Waals surface area contributed by atoms with E-state index in [9.17, 15) is 4.79 Å². The molecule has 0 saturated heterocycles. The first-order valence-corrected chi connectivity index (χ1v) is 9.73. The zero-order chi connectivity index (χ0) is 20.4. The monoisotopic (exact) mass is 384 g/mol. The summed E-state index contributed by atoms with van der Waals surface area (Å²) in [6.45, 7) is 0.594. The molecule has 2 aromatic rings. The number of amides is 1. The van der Waals surface area contributed by atoms with E-state index in [-0.39, 0.29) is 11.9 Å². The second kappa shape index (κ2) is 11.3. The van der Waals surface area contributed by atoms with Gasteiger partial charge in [-0.3, -0.25) is 4.79 Å². The summed E-state index contributed by atoms with van der Waals surface area (Å²) in [5.41, 5.74) is 2.43. The molecular weight excluding hydrogens is 352 g/mol. The Kier molecular flexibility index (Phi) is 8.82. The Balaban J connectivity index is 1.73. The number of methoxy groups -OCH3 is 2. The summed E-state index contributed by atoms with van der Waals surface area (Å²) in [7, 11) is 7.38. The van der Waals surface area contributed by atoms with Crippen molar-refractivity contribution >= 4 is 5.91 Å². The largest absolute Gasteiger partial charge is 0.497 e. The number of carbonyl (C=O) groups excluding carboxylic acids is 1. The van der Waals surface area contributed by atoms with Gasteiger partial charge in [-0.1, -0.05) is 24.3 Å². The van der Waals surface area contributed by atoms with Gasteiger partial charge in [0.1, 0.15) is 11.5 Å². The SMILES string of the molecule is COc1ccc(CCCCC(=O)NCC(c2ccc(OC)cc2)N(C)C)cc1. The van der Waals surface area contributed by atoms with Crippen LogP contribution in [-0.4, -0.2) is 45.7 Å². The number of likely N-dealkylation sites (N-methyl/N-ethyl adjacent to an activating group) is 1. The first-order valence-electron chi connectivity index (χ1n) is 9.73. The highest BCUT2D eigenvalue weighted by atomic mass is 16.5. The topological polar surface area (TPSA) is 50.8 Å². The number of hydrogen-bond acceptors (Lipinski definition) is 4. The van der Waals surface area contributed by atoms with Gasteiger partial charge in [0, 0.05) is 13.0 Å². The van der Waals surface area contributed by atoms with Gasteiger partial charge < -0.3 is 19.7 Å². The van der Waals surface area contributed by atoms with E-state index in [1.807, 2.05) is 50.5 Å². The molecule has 5 heteroatoms. The van der Waals surface area contributed by atoms with Gasteiger partial charge in [-0.15, -0.1) is 0 Å². The number of carbonyl (C=O) groups is 1. The zero-order valence-corrected chi connectivity index (χ0v) is 17.4. The van der Waals surface area contributed by atoms with Gasteiger partial charge >= 0.3 is 0 Å². The molecule has 0 heterocycles. The van der Waals surface area contributed by atoms with Crippen molar-refractivity contribution in [2.45, 2.75) is 31.7 Å². The number of unbranched alkanes of at least 4 members (excludes halogenated alkanes) is 1. The summed E-state index contributed by atoms with van der Waals surface area (Å²) in [5.74, 6) is 1.81. The Bertz CT molecular complexity index is 712. The summed E-state index contributed by atoms with van der Waals surface area (Å²) in [5, 5.41) is 3.08. The number of nitrogens with one attached hydrogen (secondary N) is 1. The predicted octanol–water partition coefficient (Wildman–Crippen LogP) is 3.84. The van der Waals surface area contributed by atoms with Gasteiger partial charge in [-0.25, -0.2) is 0 Å². The minimum atomic E-state index is 0.107. The van der Waals surface area contributed by atoms with Crippen LogP contribution in [-0.2, 0) is 11.2 Å². The molecule has 0 aromatic heterocycles. The van der Waals surface area contributed by atoms with E-state index in [4.69, 9.17) is 9.47 Å². The number of aryl methyl sites for hydroxylation is 1. The summed E-state index contributed by atoms with van der Waals surface area (Å²) in [6, 6.07) is 16.2. The Morgan fingerprint density at radius 1 is 0.929 bits per heavy atom. The number of ether oxygens (including phenoxy) is 2. The van der Waals surface area contributed by atoms with E-state index in [0.29, 0.717) is 13.0 Å². The summed E-state index contributed by atoms with van der Waals surface area (Å²) >= 11 is 0. The highest BCUT2D eigenvalue weighted by Gasteiger charge is 2.15. The van der Waals surface area contributed by atoms with Gasteiger partial charge in [0.25, 0.3) is 0 Å². The van der Waals surface area contributed by atoms with Gasteiger partial charge in [-0.2, -0.15) is 0 Å². The van der Waals surface area contributed by atoms with Crippen LogP contribution in [0.3, 0.4) is 0 Å². The molecule has 0 spiro atoms. The summed E-state index contributed by atoms with van der Waals surface area (Å²) in [6.07, 6.45) is 3.41. The normalized spacial score (nSPS) is 11.9. The van der Waals surface area contributed by atoms with E-state index in [0.717, 1.165) is 36.3 Å². The molecule has 1 N–H and O–H groups in total. The Morgan fingerprint density at radius 3 is 2.04 bits per heavy atom. The van der Waals surface area contributed by atoms with Gasteiger partial charge in [0.05, 0.1) is 20.3 Å². The highest BCUT2D eigenvalue weighted by Crippen LogP contribution is 2.21. The molecule has 152 valence electrons. The molecule has 0 aliphatic rings. The minimum Gasteiger partial charge on any atom is -0.497 e. The standard InChI is InChI=1S/C23H32N2O3/c1-25(2)22(19-11-15-21(28-4)16-12-19)17-24-23(26)8-6-5-7-18-9-13-20(27-3)14-10-18/h9-16,22H,5-8,17H2,1-4H3,(H,24,26). The van der Waals surface area contributed by atoms with E-state index < -0.39 is 0 Å². The number of rotatable bonds is 11. The third kappa shape index (κ3) is 6.89. The average Bonchev–Trinajstić information content (AvgIpc) is 2.72. The maximum absolute atomic E-state index is 12.2. The molecule has 2 aromatic carbocycles. The van der Waals surface area contributed by atoms with Crippen molar-refractivity contribution < 1.29 is 14.3 Å². The lowest BCUT2D eigenvalue weighted by Crippen LogP contribution is -2.34. The maximum atomic E-state index is 12.2. The van der Waals surface area contributed by atoms with Crippen LogP contribution in [0.5, 0.6) is 11.5 Å².